The van der Waals surface area contributed by atoms with E-state index in [2.05, 4.69) is 4.74 Å². The summed E-state index contributed by atoms with van der Waals surface area (Å²) >= 11 is 0. The van der Waals surface area contributed by atoms with Crippen LogP contribution in [0, 0.1) is 0 Å². The molecule has 0 heterocycles. The lowest BCUT2D eigenvalue weighted by Gasteiger charge is -2.10. The molecule has 1 rings (SSSR count). The van der Waals surface area contributed by atoms with Crippen molar-refractivity contribution in [3.8, 4) is 11.5 Å². The molecule has 0 aliphatic rings. The van der Waals surface area contributed by atoms with Gasteiger partial charge in [0.2, 0.25) is 0 Å². The van der Waals surface area contributed by atoms with Crippen LogP contribution in [-0.2, 0) is 0 Å². The van der Waals surface area contributed by atoms with Gasteiger partial charge in [-0.15, -0.1) is 0 Å². The smallest absolute Gasteiger partial charge is 0.387 e. The van der Waals surface area contributed by atoms with Crippen molar-refractivity contribution in [2.45, 2.75) is 20.0 Å². The van der Waals surface area contributed by atoms with Crippen LogP contribution >= 0.6 is 0 Å². The maximum Gasteiger partial charge on any atom is 0.387 e. The molecule has 0 bridgehead atoms. The number of carbonyl (C=O) groups excluding carboxylic acids is 1. The molecule has 0 amide bonds. The largest absolute Gasteiger partial charge is 0.493 e. The SMILES string of the molecule is CCCOc1ccc(C=O)c(OC(F)F)c1. The molecule has 5 heteroatoms. The van der Waals surface area contributed by atoms with Crippen LogP contribution in [0.1, 0.15) is 23.7 Å². The third kappa shape index (κ3) is 3.49. The van der Waals surface area contributed by atoms with Gasteiger partial charge in [0.15, 0.2) is 6.29 Å². The van der Waals surface area contributed by atoms with Crippen LogP contribution in [0.3, 0.4) is 0 Å². The Morgan fingerprint density at radius 1 is 1.44 bits per heavy atom. The number of aldehydes is 1. The first-order valence-corrected chi connectivity index (χ1v) is 4.84. The summed E-state index contributed by atoms with van der Waals surface area (Å²) < 4.78 is 33.5. The van der Waals surface area contributed by atoms with Crippen molar-refractivity contribution < 1.29 is 23.0 Å². The zero-order valence-corrected chi connectivity index (χ0v) is 8.78. The molecule has 16 heavy (non-hydrogen) atoms. The minimum atomic E-state index is -2.96. The molecule has 0 spiro atoms. The van der Waals surface area contributed by atoms with Gasteiger partial charge >= 0.3 is 6.61 Å². The van der Waals surface area contributed by atoms with Crippen molar-refractivity contribution in [2.75, 3.05) is 6.61 Å². The Kier molecular flexibility index (Phi) is 4.69. The van der Waals surface area contributed by atoms with E-state index in [9.17, 15) is 13.6 Å². The number of ether oxygens (including phenoxy) is 2. The van der Waals surface area contributed by atoms with E-state index in [0.717, 1.165) is 6.42 Å². The maximum atomic E-state index is 12.0. The first-order chi connectivity index (χ1) is 7.67. The minimum absolute atomic E-state index is 0.0733. The number of halogens is 2. The van der Waals surface area contributed by atoms with E-state index in [1.165, 1.54) is 18.2 Å². The molecule has 0 atom stereocenters. The summed E-state index contributed by atoms with van der Waals surface area (Å²) in [5, 5.41) is 0. The number of rotatable bonds is 6. The molecule has 0 aliphatic heterocycles. The van der Waals surface area contributed by atoms with Gasteiger partial charge in [0, 0.05) is 6.07 Å². The highest BCUT2D eigenvalue weighted by atomic mass is 19.3. The van der Waals surface area contributed by atoms with Crippen molar-refractivity contribution >= 4 is 6.29 Å². The summed E-state index contributed by atoms with van der Waals surface area (Å²) in [5.74, 6) is 0.238. The van der Waals surface area contributed by atoms with Crippen LogP contribution in [0.15, 0.2) is 18.2 Å². The Balaban J connectivity index is 2.87. The van der Waals surface area contributed by atoms with E-state index in [4.69, 9.17) is 4.74 Å². The first-order valence-electron chi connectivity index (χ1n) is 4.84. The van der Waals surface area contributed by atoms with Crippen LogP contribution in [0.2, 0.25) is 0 Å². The van der Waals surface area contributed by atoms with Crippen molar-refractivity contribution in [2.24, 2.45) is 0 Å². The molecule has 0 fully saturated rings. The lowest BCUT2D eigenvalue weighted by molar-refractivity contribution is -0.0501. The summed E-state index contributed by atoms with van der Waals surface area (Å²) in [5.41, 5.74) is 0.0733. The van der Waals surface area contributed by atoms with Gasteiger partial charge in [-0.05, 0) is 18.6 Å². The zero-order chi connectivity index (χ0) is 12.0. The first kappa shape index (κ1) is 12.4. The second-order valence-corrected chi connectivity index (χ2v) is 3.04. The molecule has 1 aromatic carbocycles. The Morgan fingerprint density at radius 2 is 2.19 bits per heavy atom. The van der Waals surface area contributed by atoms with E-state index in [0.29, 0.717) is 18.6 Å². The van der Waals surface area contributed by atoms with Gasteiger partial charge in [-0.25, -0.2) is 0 Å². The standard InChI is InChI=1S/C11H12F2O3/c1-2-5-15-9-4-3-8(7-14)10(6-9)16-11(12)13/h3-4,6-7,11H,2,5H2,1H3. The Bertz CT molecular complexity index is 353. The molecular formula is C11H12F2O3. The zero-order valence-electron chi connectivity index (χ0n) is 8.78. The van der Waals surface area contributed by atoms with Crippen molar-refractivity contribution in [1.82, 2.24) is 0 Å². The highest BCUT2D eigenvalue weighted by molar-refractivity contribution is 5.79. The van der Waals surface area contributed by atoms with Crippen molar-refractivity contribution in [3.05, 3.63) is 23.8 Å². The normalized spacial score (nSPS) is 10.2. The second-order valence-electron chi connectivity index (χ2n) is 3.04. The van der Waals surface area contributed by atoms with Gasteiger partial charge in [-0.1, -0.05) is 6.92 Å². The third-order valence-corrected chi connectivity index (χ3v) is 1.80. The average molecular weight is 230 g/mol. The maximum absolute atomic E-state index is 12.0. The van der Waals surface area contributed by atoms with E-state index < -0.39 is 6.61 Å². The van der Waals surface area contributed by atoms with E-state index >= 15 is 0 Å². The minimum Gasteiger partial charge on any atom is -0.493 e. The van der Waals surface area contributed by atoms with Crippen LogP contribution in [0.25, 0.3) is 0 Å². The number of hydrogen-bond acceptors (Lipinski definition) is 3. The lowest BCUT2D eigenvalue weighted by Crippen LogP contribution is -2.05. The van der Waals surface area contributed by atoms with Crippen LogP contribution < -0.4 is 9.47 Å². The van der Waals surface area contributed by atoms with Gasteiger partial charge in [0.05, 0.1) is 12.2 Å². The molecule has 88 valence electrons. The summed E-state index contributed by atoms with van der Waals surface area (Å²) in [6.07, 6.45) is 1.27. The Labute approximate surface area is 92.0 Å². The molecule has 0 unspecified atom stereocenters. The van der Waals surface area contributed by atoms with Crippen LogP contribution in [0.4, 0.5) is 8.78 Å². The fourth-order valence-electron chi connectivity index (χ4n) is 1.12. The number of alkyl halides is 2. The molecule has 0 aromatic heterocycles. The van der Waals surface area contributed by atoms with Gasteiger partial charge in [0.25, 0.3) is 0 Å². The molecule has 0 saturated heterocycles. The highest BCUT2D eigenvalue weighted by Crippen LogP contribution is 2.25. The summed E-state index contributed by atoms with van der Waals surface area (Å²) in [6, 6.07) is 4.21. The third-order valence-electron chi connectivity index (χ3n) is 1.80. The fraction of sp³-hybridized carbons (Fsp3) is 0.364. The molecule has 1 aromatic rings. The van der Waals surface area contributed by atoms with E-state index in [-0.39, 0.29) is 11.3 Å². The molecular weight excluding hydrogens is 218 g/mol. The highest BCUT2D eigenvalue weighted by Gasteiger charge is 2.10. The Hall–Kier alpha value is -1.65. The monoisotopic (exact) mass is 230 g/mol. The van der Waals surface area contributed by atoms with E-state index in [1.807, 2.05) is 6.92 Å². The number of benzene rings is 1. The van der Waals surface area contributed by atoms with E-state index in [1.54, 1.807) is 0 Å². The molecule has 3 nitrogen and oxygen atoms in total. The predicted molar refractivity (Wildman–Crippen MR) is 54.2 cm³/mol. The summed E-state index contributed by atoms with van der Waals surface area (Å²) in [4.78, 5) is 10.6. The Morgan fingerprint density at radius 3 is 2.75 bits per heavy atom. The van der Waals surface area contributed by atoms with Crippen LogP contribution in [0.5, 0.6) is 11.5 Å². The molecule has 0 N–H and O–H groups in total. The molecule has 0 aliphatic carbocycles. The molecule has 0 saturated carbocycles. The quantitative estimate of drug-likeness (QED) is 0.705. The van der Waals surface area contributed by atoms with Crippen molar-refractivity contribution in [3.63, 3.8) is 0 Å². The van der Waals surface area contributed by atoms with Crippen LogP contribution in [-0.4, -0.2) is 19.5 Å². The summed E-state index contributed by atoms with van der Waals surface area (Å²) in [7, 11) is 0. The van der Waals surface area contributed by atoms with Gasteiger partial charge in [-0.3, -0.25) is 4.79 Å². The summed E-state index contributed by atoms with van der Waals surface area (Å²) in [6.45, 7) is -0.551. The fourth-order valence-corrected chi connectivity index (χ4v) is 1.12. The van der Waals surface area contributed by atoms with Gasteiger partial charge in [-0.2, -0.15) is 8.78 Å². The second kappa shape index (κ2) is 6.05. The average Bonchev–Trinajstić information content (AvgIpc) is 2.26. The lowest BCUT2D eigenvalue weighted by atomic mass is 10.2. The number of carbonyl (C=O) groups is 1. The number of hydrogen-bond donors (Lipinski definition) is 0. The molecule has 0 radical (unpaired) electrons. The predicted octanol–water partition coefficient (Wildman–Crippen LogP) is 2.89. The topological polar surface area (TPSA) is 35.5 Å². The van der Waals surface area contributed by atoms with Gasteiger partial charge in [0.1, 0.15) is 11.5 Å². The van der Waals surface area contributed by atoms with Crippen molar-refractivity contribution in [1.29, 1.82) is 0 Å². The van der Waals surface area contributed by atoms with Gasteiger partial charge < -0.3 is 9.47 Å².